The Hall–Kier alpha value is -2.01. The fourth-order valence-electron chi connectivity index (χ4n) is 1.76. The molecule has 0 amide bonds. The number of ether oxygens (including phenoxy) is 1. The summed E-state index contributed by atoms with van der Waals surface area (Å²) in [5.74, 6) is 1.77. The summed E-state index contributed by atoms with van der Waals surface area (Å²) in [7, 11) is 1.67. The summed E-state index contributed by atoms with van der Waals surface area (Å²) >= 11 is 1.70. The first-order valence-corrected chi connectivity index (χ1v) is 6.88. The zero-order valence-corrected chi connectivity index (χ0v) is 11.3. The molecule has 0 radical (unpaired) electrons. The van der Waals surface area contributed by atoms with Crippen LogP contribution in [0.4, 0.5) is 0 Å². The van der Waals surface area contributed by atoms with Gasteiger partial charge in [0, 0.05) is 24.3 Å². The summed E-state index contributed by atoms with van der Waals surface area (Å²) < 4.78 is 7.12. The first-order chi connectivity index (χ1) is 9.35. The van der Waals surface area contributed by atoms with Gasteiger partial charge < -0.3 is 9.14 Å². The number of imidazole rings is 1. The van der Waals surface area contributed by atoms with E-state index in [-0.39, 0.29) is 0 Å². The Labute approximate surface area is 115 Å². The van der Waals surface area contributed by atoms with Crippen molar-refractivity contribution in [2.24, 2.45) is 0 Å². The lowest BCUT2D eigenvalue weighted by Crippen LogP contribution is -1.89. The number of thioether (sulfide) groups is 1. The highest BCUT2D eigenvalue weighted by Crippen LogP contribution is 2.22. The molecule has 5 heteroatoms. The first kappa shape index (κ1) is 12.0. The second-order valence-electron chi connectivity index (χ2n) is 4.05. The number of hydrogen-bond acceptors (Lipinski definition) is 4. The van der Waals surface area contributed by atoms with Crippen LogP contribution in [0.15, 0.2) is 54.1 Å². The maximum atomic E-state index is 5.14. The molecular weight excluding hydrogens is 258 g/mol. The minimum absolute atomic E-state index is 0.869. The van der Waals surface area contributed by atoms with Crippen LogP contribution in [0.3, 0.4) is 0 Å². The van der Waals surface area contributed by atoms with E-state index in [2.05, 4.69) is 22.1 Å². The van der Waals surface area contributed by atoms with Crippen molar-refractivity contribution in [3.8, 4) is 5.75 Å². The SMILES string of the molecule is COc1ccc(CSc2cn3ccnc3cn2)cc1. The molecule has 0 unspecified atom stereocenters. The maximum Gasteiger partial charge on any atom is 0.155 e. The van der Waals surface area contributed by atoms with Gasteiger partial charge in [0.15, 0.2) is 5.65 Å². The van der Waals surface area contributed by atoms with Crippen LogP contribution in [-0.4, -0.2) is 21.5 Å². The van der Waals surface area contributed by atoms with E-state index in [1.54, 1.807) is 31.3 Å². The van der Waals surface area contributed by atoms with E-state index in [1.807, 2.05) is 28.9 Å². The molecule has 3 rings (SSSR count). The van der Waals surface area contributed by atoms with Gasteiger partial charge in [-0.25, -0.2) is 9.97 Å². The number of methoxy groups -OCH3 is 1. The van der Waals surface area contributed by atoms with E-state index in [4.69, 9.17) is 4.74 Å². The van der Waals surface area contributed by atoms with Gasteiger partial charge in [0.1, 0.15) is 10.8 Å². The van der Waals surface area contributed by atoms with Crippen LogP contribution in [0.2, 0.25) is 0 Å². The fraction of sp³-hybridized carbons (Fsp3) is 0.143. The average Bonchev–Trinajstić information content (AvgIpc) is 2.93. The second-order valence-corrected chi connectivity index (χ2v) is 5.05. The van der Waals surface area contributed by atoms with E-state index in [9.17, 15) is 0 Å². The molecule has 1 aromatic carbocycles. The highest BCUT2D eigenvalue weighted by molar-refractivity contribution is 7.98. The molecule has 4 nitrogen and oxygen atoms in total. The van der Waals surface area contributed by atoms with Gasteiger partial charge in [0.25, 0.3) is 0 Å². The molecule has 0 spiro atoms. The molecule has 0 atom stereocenters. The predicted octanol–water partition coefficient (Wildman–Crippen LogP) is 3.03. The number of nitrogens with zero attached hydrogens (tertiary/aromatic N) is 3. The number of rotatable bonds is 4. The molecule has 2 heterocycles. The third kappa shape index (κ3) is 2.71. The van der Waals surface area contributed by atoms with Gasteiger partial charge in [-0.05, 0) is 17.7 Å². The minimum Gasteiger partial charge on any atom is -0.497 e. The standard InChI is InChI=1S/C14H13N3OS/c1-18-12-4-2-11(3-5-12)10-19-14-9-17-7-6-15-13(17)8-16-14/h2-9H,10H2,1H3. The van der Waals surface area contributed by atoms with Gasteiger partial charge in [0.05, 0.1) is 13.3 Å². The quantitative estimate of drug-likeness (QED) is 0.684. The van der Waals surface area contributed by atoms with E-state index in [0.29, 0.717) is 0 Å². The topological polar surface area (TPSA) is 39.4 Å². The highest BCUT2D eigenvalue weighted by atomic mass is 32.2. The number of fused-ring (bicyclic) bond motifs is 1. The van der Waals surface area contributed by atoms with Crippen molar-refractivity contribution in [1.82, 2.24) is 14.4 Å². The lowest BCUT2D eigenvalue weighted by molar-refractivity contribution is 0.414. The van der Waals surface area contributed by atoms with Gasteiger partial charge in [0.2, 0.25) is 0 Å². The van der Waals surface area contributed by atoms with E-state index in [0.717, 1.165) is 22.2 Å². The summed E-state index contributed by atoms with van der Waals surface area (Å²) in [6, 6.07) is 8.09. The van der Waals surface area contributed by atoms with Crippen molar-refractivity contribution in [2.75, 3.05) is 7.11 Å². The Balaban J connectivity index is 1.70. The Morgan fingerprint density at radius 3 is 2.84 bits per heavy atom. The van der Waals surface area contributed by atoms with E-state index in [1.165, 1.54) is 5.56 Å². The Bertz CT molecular complexity index is 678. The zero-order chi connectivity index (χ0) is 13.1. The summed E-state index contributed by atoms with van der Waals surface area (Å²) in [5, 5.41) is 0.987. The van der Waals surface area contributed by atoms with Gasteiger partial charge in [-0.15, -0.1) is 11.8 Å². The lowest BCUT2D eigenvalue weighted by Gasteiger charge is -2.04. The molecule has 96 valence electrons. The molecule has 0 aliphatic carbocycles. The van der Waals surface area contributed by atoms with Crippen molar-refractivity contribution in [3.05, 3.63) is 54.6 Å². The third-order valence-corrected chi connectivity index (χ3v) is 3.79. The van der Waals surface area contributed by atoms with Crippen LogP contribution in [0.5, 0.6) is 5.75 Å². The van der Waals surface area contributed by atoms with Gasteiger partial charge in [-0.3, -0.25) is 0 Å². The number of hydrogen-bond donors (Lipinski definition) is 0. The Morgan fingerprint density at radius 2 is 2.05 bits per heavy atom. The van der Waals surface area contributed by atoms with Crippen molar-refractivity contribution in [2.45, 2.75) is 10.8 Å². The molecule has 2 aromatic heterocycles. The fourth-order valence-corrected chi connectivity index (χ4v) is 2.58. The smallest absolute Gasteiger partial charge is 0.155 e. The third-order valence-electron chi connectivity index (χ3n) is 2.80. The highest BCUT2D eigenvalue weighted by Gasteiger charge is 2.01. The average molecular weight is 271 g/mol. The summed E-state index contributed by atoms with van der Waals surface area (Å²) in [6.07, 6.45) is 7.48. The van der Waals surface area contributed by atoms with Gasteiger partial charge >= 0.3 is 0 Å². The van der Waals surface area contributed by atoms with E-state index < -0.39 is 0 Å². The van der Waals surface area contributed by atoms with Crippen LogP contribution in [0.25, 0.3) is 5.65 Å². The van der Waals surface area contributed by atoms with Gasteiger partial charge in [-0.1, -0.05) is 12.1 Å². The largest absolute Gasteiger partial charge is 0.497 e. The minimum atomic E-state index is 0.869. The summed E-state index contributed by atoms with van der Waals surface area (Å²) in [4.78, 5) is 8.56. The predicted molar refractivity (Wildman–Crippen MR) is 75.5 cm³/mol. The molecule has 0 fully saturated rings. The molecule has 0 N–H and O–H groups in total. The summed E-state index contributed by atoms with van der Waals surface area (Å²) in [6.45, 7) is 0. The first-order valence-electron chi connectivity index (χ1n) is 5.89. The maximum absolute atomic E-state index is 5.14. The van der Waals surface area contributed by atoms with Crippen molar-refractivity contribution in [3.63, 3.8) is 0 Å². The Morgan fingerprint density at radius 1 is 1.21 bits per heavy atom. The normalized spacial score (nSPS) is 10.8. The van der Waals surface area contributed by atoms with Crippen molar-refractivity contribution in [1.29, 1.82) is 0 Å². The van der Waals surface area contributed by atoms with Crippen LogP contribution in [0.1, 0.15) is 5.56 Å². The zero-order valence-electron chi connectivity index (χ0n) is 10.5. The Kier molecular flexibility index (Phi) is 3.37. The molecule has 19 heavy (non-hydrogen) atoms. The molecule has 0 aliphatic heterocycles. The molecule has 3 aromatic rings. The molecular formula is C14H13N3OS. The van der Waals surface area contributed by atoms with Crippen LogP contribution in [-0.2, 0) is 5.75 Å². The van der Waals surface area contributed by atoms with E-state index >= 15 is 0 Å². The monoisotopic (exact) mass is 271 g/mol. The van der Waals surface area contributed by atoms with Crippen LogP contribution >= 0.6 is 11.8 Å². The van der Waals surface area contributed by atoms with Crippen LogP contribution < -0.4 is 4.74 Å². The summed E-state index contributed by atoms with van der Waals surface area (Å²) in [5.41, 5.74) is 2.12. The molecule has 0 saturated carbocycles. The molecule has 0 bridgehead atoms. The number of benzene rings is 1. The lowest BCUT2D eigenvalue weighted by atomic mass is 10.2. The van der Waals surface area contributed by atoms with Gasteiger partial charge in [-0.2, -0.15) is 0 Å². The van der Waals surface area contributed by atoms with Crippen LogP contribution in [0, 0.1) is 0 Å². The second kappa shape index (κ2) is 5.32. The number of aromatic nitrogens is 3. The molecule has 0 saturated heterocycles. The molecule has 0 aliphatic rings. The van der Waals surface area contributed by atoms with Crippen molar-refractivity contribution < 1.29 is 4.74 Å². The van der Waals surface area contributed by atoms with Crippen molar-refractivity contribution >= 4 is 17.4 Å².